The number of aromatic hydroxyl groups is 1. The molecule has 124 valence electrons. The molecule has 2 rings (SSSR count). The Kier molecular flexibility index (Phi) is 5.95. The minimum atomic E-state index is -0.214. The van der Waals surface area contributed by atoms with Gasteiger partial charge in [-0.05, 0) is 37.7 Å². The fraction of sp³-hybridized carbons (Fsp3) is 0.375. The van der Waals surface area contributed by atoms with Crippen LogP contribution in [0.4, 0.5) is 0 Å². The van der Waals surface area contributed by atoms with Crippen LogP contribution in [0, 0.1) is 0 Å². The Morgan fingerprint density at radius 3 is 2.91 bits per heavy atom. The number of hydrogen-bond donors (Lipinski definition) is 2. The van der Waals surface area contributed by atoms with Gasteiger partial charge in [0.15, 0.2) is 16.6 Å². The average Bonchev–Trinajstić information content (AvgIpc) is 2.80. The molecule has 6 nitrogen and oxygen atoms in total. The first-order chi connectivity index (χ1) is 11.1. The summed E-state index contributed by atoms with van der Waals surface area (Å²) in [6.07, 6.45) is 2.27. The van der Waals surface area contributed by atoms with E-state index in [1.54, 1.807) is 24.3 Å². The van der Waals surface area contributed by atoms with Gasteiger partial charge in [0.25, 0.3) is 5.91 Å². The van der Waals surface area contributed by atoms with Gasteiger partial charge < -0.3 is 19.9 Å². The second kappa shape index (κ2) is 7.94. The van der Waals surface area contributed by atoms with Crippen LogP contribution in [0.25, 0.3) is 6.08 Å². The van der Waals surface area contributed by atoms with Crippen LogP contribution in [0.1, 0.15) is 18.9 Å². The Labute approximate surface area is 140 Å². The monoisotopic (exact) mass is 336 g/mol. The molecule has 0 aromatic heterocycles. The molecule has 7 heteroatoms. The number of carbonyl (C=O) groups is 1. The number of amides is 1. The Hall–Kier alpha value is -2.12. The molecule has 0 saturated carbocycles. The molecule has 1 aliphatic heterocycles. The number of rotatable bonds is 7. The minimum Gasteiger partial charge on any atom is -0.504 e. The zero-order valence-electron chi connectivity index (χ0n) is 13.2. The highest BCUT2D eigenvalue weighted by Crippen LogP contribution is 2.31. The molecule has 1 heterocycles. The molecule has 2 N–H and O–H groups in total. The van der Waals surface area contributed by atoms with Crippen molar-refractivity contribution in [3.8, 4) is 11.5 Å². The first-order valence-electron chi connectivity index (χ1n) is 7.36. The molecule has 1 aliphatic rings. The van der Waals surface area contributed by atoms with Crippen LogP contribution < -0.4 is 10.1 Å². The second-order valence-corrected chi connectivity index (χ2v) is 5.28. The van der Waals surface area contributed by atoms with E-state index in [2.05, 4.69) is 5.32 Å². The molecule has 0 unspecified atom stereocenters. The summed E-state index contributed by atoms with van der Waals surface area (Å²) < 4.78 is 10.3. The SMILES string of the molecule is CCOCCCN1C(=O)/C(=C\c2cccc(OC)c2O)NC1=S. The number of hydrogen-bond acceptors (Lipinski definition) is 5. The van der Waals surface area contributed by atoms with E-state index < -0.39 is 0 Å². The van der Waals surface area contributed by atoms with Gasteiger partial charge in [0.1, 0.15) is 5.70 Å². The highest BCUT2D eigenvalue weighted by molar-refractivity contribution is 7.80. The third kappa shape index (κ3) is 4.00. The second-order valence-electron chi connectivity index (χ2n) is 4.89. The van der Waals surface area contributed by atoms with Crippen LogP contribution in [0.3, 0.4) is 0 Å². The van der Waals surface area contributed by atoms with E-state index in [-0.39, 0.29) is 11.7 Å². The van der Waals surface area contributed by atoms with Crippen molar-refractivity contribution in [2.45, 2.75) is 13.3 Å². The van der Waals surface area contributed by atoms with Crippen LogP contribution >= 0.6 is 12.2 Å². The maximum atomic E-state index is 12.4. The number of methoxy groups -OCH3 is 1. The average molecular weight is 336 g/mol. The fourth-order valence-electron chi connectivity index (χ4n) is 2.22. The summed E-state index contributed by atoms with van der Waals surface area (Å²) in [5, 5.41) is 13.3. The number of thiocarbonyl (C=S) groups is 1. The van der Waals surface area contributed by atoms with Crippen LogP contribution in [0.2, 0.25) is 0 Å². The molecule has 1 saturated heterocycles. The highest BCUT2D eigenvalue weighted by Gasteiger charge is 2.30. The number of phenols is 1. The lowest BCUT2D eigenvalue weighted by molar-refractivity contribution is -0.122. The summed E-state index contributed by atoms with van der Waals surface area (Å²) in [6, 6.07) is 5.08. The van der Waals surface area contributed by atoms with Crippen LogP contribution in [0.5, 0.6) is 11.5 Å². The standard InChI is InChI=1S/C16H20N2O4S/c1-3-22-9-5-8-18-15(20)12(17-16(18)23)10-11-6-4-7-13(21-2)14(11)19/h4,6-7,10,19H,3,5,8-9H2,1-2H3,(H,17,23)/b12-10+. The van der Waals surface area contributed by atoms with Gasteiger partial charge in [0, 0.05) is 25.3 Å². The van der Waals surface area contributed by atoms with Crippen LogP contribution in [-0.4, -0.2) is 47.9 Å². The summed E-state index contributed by atoms with van der Waals surface area (Å²) in [6.45, 7) is 3.65. The third-order valence-electron chi connectivity index (χ3n) is 3.39. The zero-order chi connectivity index (χ0) is 16.8. The molecule has 0 aliphatic carbocycles. The van der Waals surface area contributed by atoms with Gasteiger partial charge in [-0.3, -0.25) is 9.69 Å². The van der Waals surface area contributed by atoms with Gasteiger partial charge in [-0.25, -0.2) is 0 Å². The van der Waals surface area contributed by atoms with Gasteiger partial charge >= 0.3 is 0 Å². The van der Waals surface area contributed by atoms with E-state index in [4.69, 9.17) is 21.7 Å². The highest BCUT2D eigenvalue weighted by atomic mass is 32.1. The number of carbonyl (C=O) groups excluding carboxylic acids is 1. The molecular formula is C16H20N2O4S. The smallest absolute Gasteiger partial charge is 0.276 e. The molecule has 1 aromatic carbocycles. The van der Waals surface area contributed by atoms with Crippen molar-refractivity contribution < 1.29 is 19.4 Å². The summed E-state index contributed by atoms with van der Waals surface area (Å²) in [5.74, 6) is 0.118. The van der Waals surface area contributed by atoms with Gasteiger partial charge in [0.05, 0.1) is 7.11 Å². The van der Waals surface area contributed by atoms with Crippen molar-refractivity contribution in [1.29, 1.82) is 0 Å². The largest absolute Gasteiger partial charge is 0.504 e. The molecule has 0 radical (unpaired) electrons. The van der Waals surface area contributed by atoms with Crippen molar-refractivity contribution in [3.05, 3.63) is 29.5 Å². The molecule has 0 spiro atoms. The van der Waals surface area contributed by atoms with E-state index in [0.29, 0.717) is 48.3 Å². The van der Waals surface area contributed by atoms with Crippen LogP contribution in [0.15, 0.2) is 23.9 Å². The first-order valence-corrected chi connectivity index (χ1v) is 7.77. The Balaban J connectivity index is 2.12. The number of benzene rings is 1. The normalized spacial score (nSPS) is 16.1. The lowest BCUT2D eigenvalue weighted by Crippen LogP contribution is -2.32. The lowest BCUT2D eigenvalue weighted by Gasteiger charge is -2.13. The minimum absolute atomic E-state index is 0.0159. The summed E-state index contributed by atoms with van der Waals surface area (Å²) in [5.41, 5.74) is 0.814. The molecular weight excluding hydrogens is 316 g/mol. The number of nitrogens with one attached hydrogen (secondary N) is 1. The summed E-state index contributed by atoms with van der Waals surface area (Å²) in [4.78, 5) is 13.9. The molecule has 23 heavy (non-hydrogen) atoms. The number of para-hydroxylation sites is 1. The van der Waals surface area contributed by atoms with E-state index in [1.165, 1.54) is 12.0 Å². The van der Waals surface area contributed by atoms with E-state index in [9.17, 15) is 9.90 Å². The van der Waals surface area contributed by atoms with Crippen molar-refractivity contribution in [3.63, 3.8) is 0 Å². The number of nitrogens with zero attached hydrogens (tertiary/aromatic N) is 1. The molecule has 0 atom stereocenters. The van der Waals surface area contributed by atoms with Crippen LogP contribution in [-0.2, 0) is 9.53 Å². The van der Waals surface area contributed by atoms with Gasteiger partial charge in [-0.2, -0.15) is 0 Å². The summed E-state index contributed by atoms with van der Waals surface area (Å²) in [7, 11) is 1.47. The molecule has 1 aromatic rings. The lowest BCUT2D eigenvalue weighted by atomic mass is 10.1. The molecule has 0 bridgehead atoms. The molecule has 1 fully saturated rings. The van der Waals surface area contributed by atoms with Gasteiger partial charge in [0.2, 0.25) is 0 Å². The number of ether oxygens (including phenoxy) is 2. The Bertz CT molecular complexity index is 631. The van der Waals surface area contributed by atoms with Crippen molar-refractivity contribution >= 4 is 29.3 Å². The maximum absolute atomic E-state index is 12.4. The van der Waals surface area contributed by atoms with Gasteiger partial charge in [-0.1, -0.05) is 12.1 Å². The maximum Gasteiger partial charge on any atom is 0.276 e. The predicted octanol–water partition coefficient (Wildman–Crippen LogP) is 1.89. The quantitative estimate of drug-likeness (QED) is 0.450. The predicted molar refractivity (Wildman–Crippen MR) is 91.2 cm³/mol. The first kappa shape index (κ1) is 17.2. The Morgan fingerprint density at radius 1 is 1.43 bits per heavy atom. The van der Waals surface area contributed by atoms with E-state index >= 15 is 0 Å². The Morgan fingerprint density at radius 2 is 2.22 bits per heavy atom. The third-order valence-corrected chi connectivity index (χ3v) is 3.71. The zero-order valence-corrected chi connectivity index (χ0v) is 14.0. The topological polar surface area (TPSA) is 71.0 Å². The summed E-state index contributed by atoms with van der Waals surface area (Å²) >= 11 is 5.20. The molecule has 1 amide bonds. The van der Waals surface area contributed by atoms with E-state index in [1.807, 2.05) is 6.92 Å². The number of phenolic OH excluding ortho intramolecular Hbond substituents is 1. The van der Waals surface area contributed by atoms with Crippen molar-refractivity contribution in [2.24, 2.45) is 0 Å². The van der Waals surface area contributed by atoms with Crippen molar-refractivity contribution in [1.82, 2.24) is 10.2 Å². The van der Waals surface area contributed by atoms with E-state index in [0.717, 1.165) is 0 Å². The van der Waals surface area contributed by atoms with Crippen molar-refractivity contribution in [2.75, 3.05) is 26.9 Å². The fourth-order valence-corrected chi connectivity index (χ4v) is 2.50. The van der Waals surface area contributed by atoms with Gasteiger partial charge in [-0.15, -0.1) is 0 Å².